The van der Waals surface area contributed by atoms with Crippen LogP contribution in [0.5, 0.6) is 0 Å². The molecular weight excluding hydrogens is 322 g/mol. The average Bonchev–Trinajstić information content (AvgIpc) is 2.62. The number of anilines is 3. The van der Waals surface area contributed by atoms with Crippen molar-refractivity contribution >= 4 is 23.0 Å². The Bertz CT molecular complexity index is 713. The van der Waals surface area contributed by atoms with Crippen molar-refractivity contribution in [3.63, 3.8) is 0 Å². The third-order valence-corrected chi connectivity index (χ3v) is 4.45. The quantitative estimate of drug-likeness (QED) is 0.745. The number of hydrogen-bond donors (Lipinski definition) is 2. The zero-order chi connectivity index (χ0) is 19.2. The minimum Gasteiger partial charge on any atom is -0.376 e. The molecule has 0 atom stereocenters. The number of rotatable bonds is 7. The monoisotopic (exact) mass is 353 g/mol. The largest absolute Gasteiger partial charge is 0.376 e. The van der Waals surface area contributed by atoms with Crippen molar-refractivity contribution in [1.29, 1.82) is 0 Å². The molecule has 0 unspecified atom stereocenters. The van der Waals surface area contributed by atoms with Crippen LogP contribution in [0.25, 0.3) is 0 Å². The number of carbonyl (C=O) groups is 1. The summed E-state index contributed by atoms with van der Waals surface area (Å²) in [6.07, 6.45) is 0. The SMILES string of the molecule is CCN(CC)c1ccc(NC(=O)CNc2ccccc2C(C)(C)C)cc1. The highest BCUT2D eigenvalue weighted by Crippen LogP contribution is 2.29. The van der Waals surface area contributed by atoms with Crippen molar-refractivity contribution in [3.05, 3.63) is 54.1 Å². The van der Waals surface area contributed by atoms with Gasteiger partial charge < -0.3 is 15.5 Å². The van der Waals surface area contributed by atoms with Gasteiger partial charge in [0.05, 0.1) is 6.54 Å². The van der Waals surface area contributed by atoms with E-state index in [0.717, 1.165) is 24.5 Å². The standard InChI is InChI=1S/C22H31N3O/c1-6-25(7-2)18-14-12-17(13-15-18)24-21(26)16-23-20-11-9-8-10-19(20)22(3,4)5/h8-15,23H,6-7,16H2,1-5H3,(H,24,26). The fourth-order valence-corrected chi connectivity index (χ4v) is 3.02. The summed E-state index contributed by atoms with van der Waals surface area (Å²) in [6, 6.07) is 16.1. The zero-order valence-electron chi connectivity index (χ0n) is 16.6. The maximum atomic E-state index is 12.3. The minimum absolute atomic E-state index is 0.0281. The van der Waals surface area contributed by atoms with Crippen molar-refractivity contribution in [2.45, 2.75) is 40.0 Å². The normalized spacial score (nSPS) is 11.1. The van der Waals surface area contributed by atoms with Gasteiger partial charge in [0, 0.05) is 30.2 Å². The lowest BCUT2D eigenvalue weighted by molar-refractivity contribution is -0.114. The molecule has 0 bridgehead atoms. The average molecular weight is 354 g/mol. The molecule has 0 aliphatic rings. The van der Waals surface area contributed by atoms with E-state index in [2.05, 4.69) is 56.2 Å². The molecule has 0 aromatic heterocycles. The van der Waals surface area contributed by atoms with Crippen LogP contribution in [-0.2, 0) is 10.2 Å². The number of nitrogens with one attached hydrogen (secondary N) is 2. The second-order valence-corrected chi connectivity index (χ2v) is 7.42. The summed E-state index contributed by atoms with van der Waals surface area (Å²) in [5.74, 6) is -0.0516. The van der Waals surface area contributed by atoms with Crippen LogP contribution >= 0.6 is 0 Å². The number of hydrogen-bond acceptors (Lipinski definition) is 3. The molecule has 0 aliphatic heterocycles. The van der Waals surface area contributed by atoms with E-state index in [1.807, 2.05) is 42.5 Å². The van der Waals surface area contributed by atoms with Crippen LogP contribution in [0.15, 0.2) is 48.5 Å². The molecule has 0 heterocycles. The lowest BCUT2D eigenvalue weighted by Crippen LogP contribution is -2.24. The predicted octanol–water partition coefficient (Wildman–Crippen LogP) is 4.88. The number of amides is 1. The van der Waals surface area contributed by atoms with E-state index in [-0.39, 0.29) is 17.9 Å². The Labute approximate surface area is 157 Å². The molecule has 140 valence electrons. The summed E-state index contributed by atoms with van der Waals surface area (Å²) in [5.41, 5.74) is 4.23. The van der Waals surface area contributed by atoms with Gasteiger partial charge >= 0.3 is 0 Å². The second-order valence-electron chi connectivity index (χ2n) is 7.42. The first-order valence-corrected chi connectivity index (χ1v) is 9.33. The molecule has 2 aromatic carbocycles. The Morgan fingerprint density at radius 2 is 1.58 bits per heavy atom. The Morgan fingerprint density at radius 3 is 2.15 bits per heavy atom. The minimum atomic E-state index is -0.0516. The molecule has 4 nitrogen and oxygen atoms in total. The van der Waals surface area contributed by atoms with Crippen molar-refractivity contribution in [2.24, 2.45) is 0 Å². The highest BCUT2D eigenvalue weighted by Gasteiger charge is 2.17. The highest BCUT2D eigenvalue weighted by molar-refractivity contribution is 5.94. The smallest absolute Gasteiger partial charge is 0.243 e. The Kier molecular flexibility index (Phi) is 6.67. The van der Waals surface area contributed by atoms with Crippen molar-refractivity contribution in [3.8, 4) is 0 Å². The summed E-state index contributed by atoms with van der Waals surface area (Å²) in [6.45, 7) is 13.0. The van der Waals surface area contributed by atoms with Crippen molar-refractivity contribution < 1.29 is 4.79 Å². The molecule has 26 heavy (non-hydrogen) atoms. The molecule has 0 radical (unpaired) electrons. The summed E-state index contributed by atoms with van der Waals surface area (Å²) >= 11 is 0. The maximum absolute atomic E-state index is 12.3. The van der Waals surface area contributed by atoms with Crippen LogP contribution in [0, 0.1) is 0 Å². The van der Waals surface area contributed by atoms with Crippen LogP contribution in [0.4, 0.5) is 17.1 Å². The fourth-order valence-electron chi connectivity index (χ4n) is 3.02. The molecule has 0 aliphatic carbocycles. The van der Waals surface area contributed by atoms with Gasteiger partial charge in [-0.15, -0.1) is 0 Å². The molecule has 1 amide bonds. The van der Waals surface area contributed by atoms with Gasteiger partial charge in [-0.25, -0.2) is 0 Å². The fraction of sp³-hybridized carbons (Fsp3) is 0.409. The number of benzene rings is 2. The van der Waals surface area contributed by atoms with Crippen molar-refractivity contribution in [1.82, 2.24) is 0 Å². The molecule has 2 N–H and O–H groups in total. The van der Waals surface area contributed by atoms with E-state index >= 15 is 0 Å². The van der Waals surface area contributed by atoms with Crippen LogP contribution in [-0.4, -0.2) is 25.5 Å². The highest BCUT2D eigenvalue weighted by atomic mass is 16.1. The van der Waals surface area contributed by atoms with Gasteiger partial charge in [-0.3, -0.25) is 4.79 Å². The van der Waals surface area contributed by atoms with Crippen molar-refractivity contribution in [2.75, 3.05) is 35.2 Å². The maximum Gasteiger partial charge on any atom is 0.243 e. The predicted molar refractivity (Wildman–Crippen MR) is 112 cm³/mol. The lowest BCUT2D eigenvalue weighted by Gasteiger charge is -2.23. The summed E-state index contributed by atoms with van der Waals surface area (Å²) < 4.78 is 0. The summed E-state index contributed by atoms with van der Waals surface area (Å²) in [4.78, 5) is 14.6. The van der Waals surface area contributed by atoms with E-state index < -0.39 is 0 Å². The van der Waals surface area contributed by atoms with Crippen LogP contribution in [0.2, 0.25) is 0 Å². The number of nitrogens with zero attached hydrogens (tertiary/aromatic N) is 1. The van der Waals surface area contributed by atoms with E-state index in [9.17, 15) is 4.79 Å². The van der Waals surface area contributed by atoms with Gasteiger partial charge in [-0.05, 0) is 55.2 Å². The molecule has 2 aromatic rings. The first kappa shape index (κ1) is 19.8. The molecule has 0 saturated carbocycles. The lowest BCUT2D eigenvalue weighted by atomic mass is 9.86. The second kappa shape index (κ2) is 8.75. The molecular formula is C22H31N3O. The van der Waals surface area contributed by atoms with E-state index in [1.165, 1.54) is 11.3 Å². The third-order valence-electron chi connectivity index (χ3n) is 4.45. The number of carbonyl (C=O) groups excluding carboxylic acids is 1. The van der Waals surface area contributed by atoms with Gasteiger partial charge in [-0.1, -0.05) is 39.0 Å². The van der Waals surface area contributed by atoms with E-state index in [0.29, 0.717) is 0 Å². The topological polar surface area (TPSA) is 44.4 Å². The first-order chi connectivity index (χ1) is 12.3. The number of para-hydroxylation sites is 1. The summed E-state index contributed by atoms with van der Waals surface area (Å²) in [5, 5.41) is 6.22. The van der Waals surface area contributed by atoms with Gasteiger partial charge in [0.15, 0.2) is 0 Å². The molecule has 0 saturated heterocycles. The van der Waals surface area contributed by atoms with Gasteiger partial charge in [-0.2, -0.15) is 0 Å². The summed E-state index contributed by atoms with van der Waals surface area (Å²) in [7, 11) is 0. The third kappa shape index (κ3) is 5.25. The molecule has 2 rings (SSSR count). The van der Waals surface area contributed by atoms with Crippen LogP contribution in [0.3, 0.4) is 0 Å². The molecule has 0 fully saturated rings. The first-order valence-electron chi connectivity index (χ1n) is 9.33. The Morgan fingerprint density at radius 1 is 0.962 bits per heavy atom. The van der Waals surface area contributed by atoms with Gasteiger partial charge in [0.25, 0.3) is 0 Å². The molecule has 0 spiro atoms. The van der Waals surface area contributed by atoms with Gasteiger partial charge in [0.2, 0.25) is 5.91 Å². The van der Waals surface area contributed by atoms with Crippen LogP contribution in [0.1, 0.15) is 40.2 Å². The zero-order valence-corrected chi connectivity index (χ0v) is 16.6. The van der Waals surface area contributed by atoms with Crippen LogP contribution < -0.4 is 15.5 Å². The van der Waals surface area contributed by atoms with E-state index in [4.69, 9.17) is 0 Å². The molecule has 4 heteroatoms. The Balaban J connectivity index is 1.96. The Hall–Kier alpha value is -2.49. The van der Waals surface area contributed by atoms with Gasteiger partial charge in [0.1, 0.15) is 0 Å². The van der Waals surface area contributed by atoms with E-state index in [1.54, 1.807) is 0 Å².